The van der Waals surface area contributed by atoms with Crippen LogP contribution in [-0.4, -0.2) is 223 Å². The molecule has 6 aromatic rings. The zero-order chi connectivity index (χ0) is 67.5. The number of epoxide rings is 2. The predicted octanol–water partition coefficient (Wildman–Crippen LogP) is 9.30. The molecule has 0 saturated carbocycles. The molecule has 6 aromatic carbocycles. The molecule has 520 valence electrons. The van der Waals surface area contributed by atoms with Gasteiger partial charge in [-0.25, -0.2) is 0 Å². The van der Waals surface area contributed by atoms with Crippen molar-refractivity contribution in [2.24, 2.45) is 0 Å². The van der Waals surface area contributed by atoms with Crippen LogP contribution in [0, 0.1) is 0 Å². The van der Waals surface area contributed by atoms with Gasteiger partial charge in [0.15, 0.2) is 0 Å². The lowest BCUT2D eigenvalue weighted by Gasteiger charge is -2.28. The largest absolute Gasteiger partial charge is 0.491 e. The third-order valence-electron chi connectivity index (χ3n) is 17.2. The first-order valence-electron chi connectivity index (χ1n) is 33.2. The van der Waals surface area contributed by atoms with Crippen LogP contribution in [0.15, 0.2) is 146 Å². The van der Waals surface area contributed by atoms with Crippen LogP contribution in [0.25, 0.3) is 0 Å². The van der Waals surface area contributed by atoms with E-state index in [1.165, 1.54) is 11.1 Å². The van der Waals surface area contributed by atoms with E-state index in [1.807, 2.05) is 97.1 Å². The van der Waals surface area contributed by atoms with Gasteiger partial charge >= 0.3 is 0 Å². The Morgan fingerprint density at radius 2 is 0.611 bits per heavy atom. The van der Waals surface area contributed by atoms with Crippen molar-refractivity contribution >= 4 is 23.2 Å². The predicted molar refractivity (Wildman–Crippen MR) is 371 cm³/mol. The van der Waals surface area contributed by atoms with Gasteiger partial charge in [0.05, 0.1) is 64.6 Å². The fourth-order valence-corrected chi connectivity index (χ4v) is 10.8. The van der Waals surface area contributed by atoms with Crippen molar-refractivity contribution in [1.82, 2.24) is 15.1 Å². The summed E-state index contributed by atoms with van der Waals surface area (Å²) >= 11 is 11.2. The average molecular weight is 1360 g/mol. The number of ether oxygens (including phenoxy) is 11. The van der Waals surface area contributed by atoms with Gasteiger partial charge in [0.1, 0.15) is 111 Å². The number of nitrogens with zero attached hydrogens (tertiary/aromatic N) is 2. The molecule has 95 heavy (non-hydrogen) atoms. The molecule has 5 aliphatic heterocycles. The molecule has 0 radical (unpaired) electrons. The summed E-state index contributed by atoms with van der Waals surface area (Å²) in [6.45, 7) is 28.2. The molecule has 0 unspecified atom stereocenters. The normalized spacial score (nSPS) is 18.7. The molecular formula is C75H101Cl2N3O15. The Morgan fingerprint density at radius 3 is 0.821 bits per heavy atom. The van der Waals surface area contributed by atoms with E-state index >= 15 is 0 Å². The van der Waals surface area contributed by atoms with Crippen LogP contribution in [0.2, 0.25) is 0 Å². The maximum absolute atomic E-state index is 10.3. The number of nitrogens with one attached hydrogen (secondary N) is 1. The number of hydrogen-bond acceptors (Lipinski definition) is 18. The highest BCUT2D eigenvalue weighted by Gasteiger charge is 2.28. The third-order valence-corrected chi connectivity index (χ3v) is 18.0. The smallest absolute Gasteiger partial charge is 0.119 e. The highest BCUT2D eigenvalue weighted by molar-refractivity contribution is 6.18. The molecule has 5 heterocycles. The molecule has 5 fully saturated rings. The molecule has 5 N–H and O–H groups in total. The number of rotatable bonds is 30. The lowest BCUT2D eigenvalue weighted by atomic mass is 9.78. The van der Waals surface area contributed by atoms with E-state index in [0.717, 1.165) is 137 Å². The molecule has 6 atom stereocenters. The van der Waals surface area contributed by atoms with Crippen LogP contribution in [-0.2, 0) is 39.9 Å². The lowest BCUT2D eigenvalue weighted by Crippen LogP contribution is -2.42. The second kappa shape index (κ2) is 38.4. The van der Waals surface area contributed by atoms with Gasteiger partial charge in [-0.3, -0.25) is 9.80 Å². The Morgan fingerprint density at radius 1 is 0.379 bits per heavy atom. The Bertz CT molecular complexity index is 2860. The number of hydrogen-bond donors (Lipinski definition) is 5. The number of benzene rings is 6. The van der Waals surface area contributed by atoms with Gasteiger partial charge in [-0.05, 0) is 106 Å². The van der Waals surface area contributed by atoms with E-state index in [-0.39, 0.29) is 66.6 Å². The monoisotopic (exact) mass is 1350 g/mol. The van der Waals surface area contributed by atoms with E-state index in [2.05, 4.69) is 105 Å². The maximum Gasteiger partial charge on any atom is 0.119 e. The summed E-state index contributed by atoms with van der Waals surface area (Å²) in [5.41, 5.74) is 6.62. The van der Waals surface area contributed by atoms with Crippen LogP contribution < -0.4 is 33.7 Å². The standard InChI is InChI=1S/2C25H34ClNO5.C21H24O4.C4H9NO/c2*1-25(2,19-3-7-23(8-4-19)31-17-21(28)15-26)20-5-9-24(10-6-20)32-18-22(29)16-27-11-13-30-14-12-27;1-21(2,15-3-7-17(8-4-15)22-11-19-13-24-19)16-5-9-18(10-6-16)23-12-20-14-25-20;1-3-6-4-2-5-1/h2*3-10,21-22,28-29H,11-18H2,1-2H3;3-10,19-20H,11-14H2,1-2H3;5H,1-4H2/t2*21-,22-;19-,20-;/m100./s1. The van der Waals surface area contributed by atoms with Gasteiger partial charge in [-0.1, -0.05) is 114 Å². The van der Waals surface area contributed by atoms with Crippen LogP contribution in [0.4, 0.5) is 0 Å². The Hall–Kier alpha value is -5.78. The number of alkyl halides is 2. The molecule has 11 rings (SSSR count). The highest BCUT2D eigenvalue weighted by atomic mass is 35.5. The minimum atomic E-state index is -0.672. The quantitative estimate of drug-likeness (QED) is 0.0210. The summed E-state index contributed by atoms with van der Waals surface area (Å²) in [5, 5.41) is 42.7. The second-order valence-electron chi connectivity index (χ2n) is 25.9. The number of halogens is 2. The molecule has 0 aromatic heterocycles. The summed E-state index contributed by atoms with van der Waals surface area (Å²) in [6.07, 6.45) is -1.85. The van der Waals surface area contributed by atoms with Gasteiger partial charge in [-0.2, -0.15) is 0 Å². The highest BCUT2D eigenvalue weighted by Crippen LogP contribution is 2.37. The van der Waals surface area contributed by atoms with Crippen molar-refractivity contribution in [1.29, 1.82) is 0 Å². The number of morpholine rings is 3. The fraction of sp³-hybridized carbons (Fsp3) is 0.520. The molecule has 18 nitrogen and oxygen atoms in total. The first kappa shape index (κ1) is 75.0. The van der Waals surface area contributed by atoms with Crippen molar-refractivity contribution < 1.29 is 72.5 Å². The van der Waals surface area contributed by atoms with Gasteiger partial charge in [0.2, 0.25) is 0 Å². The second-order valence-corrected chi connectivity index (χ2v) is 26.5. The first-order chi connectivity index (χ1) is 45.9. The van der Waals surface area contributed by atoms with Gasteiger partial charge < -0.3 is 77.8 Å². The van der Waals surface area contributed by atoms with Crippen molar-refractivity contribution in [3.63, 3.8) is 0 Å². The van der Waals surface area contributed by atoms with E-state index in [0.29, 0.717) is 37.8 Å². The van der Waals surface area contributed by atoms with Crippen molar-refractivity contribution in [2.45, 2.75) is 94.4 Å². The molecule has 0 bridgehead atoms. The van der Waals surface area contributed by atoms with Crippen LogP contribution >= 0.6 is 23.2 Å². The molecular weight excluding hydrogens is 1250 g/mol. The molecule has 20 heteroatoms. The number of aliphatic hydroxyl groups excluding tert-OH is 4. The molecule has 5 aliphatic rings. The first-order valence-corrected chi connectivity index (χ1v) is 34.3. The zero-order valence-corrected chi connectivity index (χ0v) is 57.7. The summed E-state index contributed by atoms with van der Waals surface area (Å²) in [5.74, 6) is 4.97. The van der Waals surface area contributed by atoms with Gasteiger partial charge in [-0.15, -0.1) is 23.2 Å². The average Bonchev–Trinajstić information content (AvgIpc) is 1.68. The summed E-state index contributed by atoms with van der Waals surface area (Å²) in [6, 6.07) is 48.5. The zero-order valence-electron chi connectivity index (χ0n) is 56.2. The van der Waals surface area contributed by atoms with Crippen molar-refractivity contribution in [3.05, 3.63) is 179 Å². The Labute approximate surface area is 572 Å². The summed E-state index contributed by atoms with van der Waals surface area (Å²) in [4.78, 5) is 4.39. The van der Waals surface area contributed by atoms with E-state index in [4.69, 9.17) is 75.3 Å². The van der Waals surface area contributed by atoms with Crippen molar-refractivity contribution in [3.8, 4) is 34.5 Å². The molecule has 0 spiro atoms. The summed E-state index contributed by atoms with van der Waals surface area (Å²) < 4.78 is 60.2. The number of aliphatic hydroxyl groups is 4. The van der Waals surface area contributed by atoms with Crippen LogP contribution in [0.5, 0.6) is 34.5 Å². The maximum atomic E-state index is 10.3. The lowest BCUT2D eigenvalue weighted by molar-refractivity contribution is 0.00452. The van der Waals surface area contributed by atoms with Crippen LogP contribution in [0.3, 0.4) is 0 Å². The number of β-amino-alcohol motifs (C(OH)–C–C–N with tert-alkyl or cyclic N) is 2. The Balaban J connectivity index is 0.000000175. The molecule has 0 amide bonds. The van der Waals surface area contributed by atoms with Gasteiger partial charge in [0.25, 0.3) is 0 Å². The minimum Gasteiger partial charge on any atom is -0.491 e. The van der Waals surface area contributed by atoms with Gasteiger partial charge in [0, 0.05) is 68.6 Å². The molecule has 5 saturated heterocycles. The fourth-order valence-electron chi connectivity index (χ4n) is 10.7. The summed E-state index contributed by atoms with van der Waals surface area (Å²) in [7, 11) is 0. The molecule has 0 aliphatic carbocycles. The van der Waals surface area contributed by atoms with E-state index < -0.39 is 24.4 Å². The minimum absolute atomic E-state index is 0.0870. The van der Waals surface area contributed by atoms with E-state index in [9.17, 15) is 20.4 Å². The topological polar surface area (TPSA) is 208 Å². The SMILES string of the molecule is C1COCCN1.CC(C)(c1ccc(OC[C@@H](O)CN2CCOCC2)cc1)c1ccc(OC[C@@H](O)CCl)cc1.CC(C)(c1ccc(OC[C@H](O)CCl)cc1)c1ccc(OC[C@H](O)CN2CCOCC2)cc1.CC(C)(c1ccc(OC[C@H]2CO2)cc1)c1ccc(OC[C@H]2CO2)cc1. The Kier molecular flexibility index (Phi) is 30.3. The van der Waals surface area contributed by atoms with Crippen LogP contribution in [0.1, 0.15) is 74.9 Å². The van der Waals surface area contributed by atoms with Crippen molar-refractivity contribution in [2.75, 3.05) is 157 Å². The van der Waals surface area contributed by atoms with E-state index in [1.54, 1.807) is 0 Å². The third kappa shape index (κ3) is 25.5.